The summed E-state index contributed by atoms with van der Waals surface area (Å²) in [6.45, 7) is 1.02. The number of aromatic nitrogens is 1. The molecular formula is C18H17ClN2O6. The molecule has 1 amide bonds. The summed E-state index contributed by atoms with van der Waals surface area (Å²) in [6.07, 6.45) is 0.616. The van der Waals surface area contributed by atoms with Crippen molar-refractivity contribution in [1.29, 1.82) is 0 Å². The van der Waals surface area contributed by atoms with Crippen LogP contribution in [0.25, 0.3) is 11.1 Å². The smallest absolute Gasteiger partial charge is 0.371 e. The fourth-order valence-corrected chi connectivity index (χ4v) is 2.80. The summed E-state index contributed by atoms with van der Waals surface area (Å²) >= 11 is 5.75. The number of rotatable bonds is 8. The van der Waals surface area contributed by atoms with Crippen LogP contribution in [0, 0.1) is 0 Å². The molecule has 3 rings (SSSR count). The Balaban J connectivity index is 1.82. The van der Waals surface area contributed by atoms with Crippen LogP contribution < -0.4 is 0 Å². The Bertz CT molecular complexity index is 964. The Labute approximate surface area is 159 Å². The number of carboxylic acid groups (broad SMARTS) is 1. The summed E-state index contributed by atoms with van der Waals surface area (Å²) in [5.74, 6) is -1.21. The largest absolute Gasteiger partial charge is 0.475 e. The molecule has 0 saturated heterocycles. The number of hydrogen-bond acceptors (Lipinski definition) is 6. The Morgan fingerprint density at radius 2 is 2.07 bits per heavy atom. The second-order valence-electron chi connectivity index (χ2n) is 5.79. The van der Waals surface area contributed by atoms with Gasteiger partial charge in [0.25, 0.3) is 11.3 Å². The van der Waals surface area contributed by atoms with Crippen molar-refractivity contribution in [3.63, 3.8) is 0 Å². The molecule has 0 bridgehead atoms. The number of amides is 1. The summed E-state index contributed by atoms with van der Waals surface area (Å²) in [7, 11) is 1.58. The molecular weight excluding hydrogens is 376 g/mol. The Hall–Kier alpha value is -2.84. The molecule has 0 fully saturated rings. The van der Waals surface area contributed by atoms with E-state index in [1.165, 1.54) is 6.07 Å². The van der Waals surface area contributed by atoms with E-state index in [4.69, 9.17) is 30.3 Å². The molecule has 0 aliphatic heterocycles. The van der Waals surface area contributed by atoms with Crippen LogP contribution >= 0.6 is 11.6 Å². The van der Waals surface area contributed by atoms with Gasteiger partial charge < -0.3 is 23.6 Å². The van der Waals surface area contributed by atoms with Crippen molar-refractivity contribution in [2.45, 2.75) is 13.0 Å². The van der Waals surface area contributed by atoms with Gasteiger partial charge in [-0.25, -0.2) is 4.79 Å². The van der Waals surface area contributed by atoms with E-state index in [1.807, 2.05) is 0 Å². The second-order valence-corrected chi connectivity index (χ2v) is 6.12. The number of halogens is 1. The monoisotopic (exact) mass is 392 g/mol. The second kappa shape index (κ2) is 8.24. The van der Waals surface area contributed by atoms with E-state index in [1.54, 1.807) is 36.3 Å². The molecule has 2 aromatic heterocycles. The Kier molecular flexibility index (Phi) is 5.78. The van der Waals surface area contributed by atoms with Gasteiger partial charge in [0.15, 0.2) is 5.58 Å². The van der Waals surface area contributed by atoms with Gasteiger partial charge in [0.05, 0.1) is 6.54 Å². The van der Waals surface area contributed by atoms with Gasteiger partial charge in [-0.3, -0.25) is 4.79 Å². The zero-order chi connectivity index (χ0) is 19.4. The third-order valence-corrected chi connectivity index (χ3v) is 4.05. The molecule has 0 radical (unpaired) electrons. The Morgan fingerprint density at radius 1 is 1.26 bits per heavy atom. The number of carbonyl (C=O) groups excluding carboxylic acids is 1. The van der Waals surface area contributed by atoms with Crippen LogP contribution in [-0.4, -0.2) is 47.1 Å². The van der Waals surface area contributed by atoms with Crippen LogP contribution in [0.2, 0.25) is 5.35 Å². The molecule has 0 aliphatic carbocycles. The molecule has 8 nitrogen and oxygen atoms in total. The molecule has 1 aromatic carbocycles. The minimum Gasteiger partial charge on any atom is -0.475 e. The quantitative estimate of drug-likeness (QED) is 0.585. The van der Waals surface area contributed by atoms with Crippen LogP contribution in [0.4, 0.5) is 0 Å². The number of oxazole rings is 1. The first-order chi connectivity index (χ1) is 13.0. The van der Waals surface area contributed by atoms with E-state index in [9.17, 15) is 9.59 Å². The van der Waals surface area contributed by atoms with Crippen LogP contribution in [0.5, 0.6) is 0 Å². The topological polar surface area (TPSA) is 106 Å². The van der Waals surface area contributed by atoms with Gasteiger partial charge in [-0.15, -0.1) is 0 Å². The van der Waals surface area contributed by atoms with Crippen molar-refractivity contribution in [3.8, 4) is 0 Å². The lowest BCUT2D eigenvalue weighted by atomic mass is 10.1. The molecule has 3 aromatic rings. The number of hydrogen-bond donors (Lipinski definition) is 1. The first-order valence-electron chi connectivity index (χ1n) is 8.14. The molecule has 2 heterocycles. The third kappa shape index (κ3) is 4.47. The standard InChI is InChI=1S/C18H17ClN2O6/c1-25-8-2-7-21(10-12-4-6-14(26-12)17(23)24)16(22)11-3-5-13-15(9-11)27-18(19)20-13/h3-6,9H,2,7-8,10H2,1H3,(H,23,24). The number of ether oxygens (including phenoxy) is 1. The molecule has 0 atom stereocenters. The van der Waals surface area contributed by atoms with Crippen LogP contribution in [0.3, 0.4) is 0 Å². The number of fused-ring (bicyclic) bond motifs is 1. The lowest BCUT2D eigenvalue weighted by Gasteiger charge is -2.21. The predicted octanol–water partition coefficient (Wildman–Crippen LogP) is 3.45. The van der Waals surface area contributed by atoms with Crippen LogP contribution in [0.15, 0.2) is 39.2 Å². The van der Waals surface area contributed by atoms with Crippen molar-refractivity contribution in [2.75, 3.05) is 20.3 Å². The van der Waals surface area contributed by atoms with Gasteiger partial charge in [-0.1, -0.05) is 0 Å². The normalized spacial score (nSPS) is 11.0. The maximum Gasteiger partial charge on any atom is 0.371 e. The molecule has 0 aliphatic rings. The van der Waals surface area contributed by atoms with Gasteiger partial charge in [-0.05, 0) is 48.4 Å². The fraction of sp³-hybridized carbons (Fsp3) is 0.278. The van der Waals surface area contributed by atoms with Gasteiger partial charge in [-0.2, -0.15) is 4.98 Å². The Morgan fingerprint density at radius 3 is 2.78 bits per heavy atom. The molecule has 0 saturated carbocycles. The number of carbonyl (C=O) groups is 2. The minimum absolute atomic E-state index is 0.00309. The van der Waals surface area contributed by atoms with E-state index in [-0.39, 0.29) is 23.6 Å². The lowest BCUT2D eigenvalue weighted by Crippen LogP contribution is -2.32. The van der Waals surface area contributed by atoms with Gasteiger partial charge in [0.1, 0.15) is 11.3 Å². The summed E-state index contributed by atoms with van der Waals surface area (Å²) in [5.41, 5.74) is 1.37. The van der Waals surface area contributed by atoms with Crippen molar-refractivity contribution in [2.24, 2.45) is 0 Å². The third-order valence-electron chi connectivity index (χ3n) is 3.89. The highest BCUT2D eigenvalue weighted by Crippen LogP contribution is 2.21. The highest BCUT2D eigenvalue weighted by Gasteiger charge is 2.20. The van der Waals surface area contributed by atoms with Crippen molar-refractivity contribution in [1.82, 2.24) is 9.88 Å². The number of benzene rings is 1. The SMILES string of the molecule is COCCCN(Cc1ccc(C(=O)O)o1)C(=O)c1ccc2nc(Cl)oc2c1. The van der Waals surface area contributed by atoms with Gasteiger partial charge in [0, 0.05) is 25.8 Å². The zero-order valence-electron chi connectivity index (χ0n) is 14.5. The average Bonchev–Trinajstić information content (AvgIpc) is 3.25. The maximum atomic E-state index is 13.0. The van der Waals surface area contributed by atoms with E-state index >= 15 is 0 Å². The number of nitrogens with zero attached hydrogens (tertiary/aromatic N) is 2. The van der Waals surface area contributed by atoms with E-state index < -0.39 is 5.97 Å². The molecule has 0 spiro atoms. The summed E-state index contributed by atoms with van der Waals surface area (Å²) in [4.78, 5) is 29.5. The van der Waals surface area contributed by atoms with Gasteiger partial charge >= 0.3 is 5.97 Å². The van der Waals surface area contributed by atoms with Crippen LogP contribution in [0.1, 0.15) is 33.1 Å². The van der Waals surface area contributed by atoms with Crippen molar-refractivity contribution in [3.05, 3.63) is 52.8 Å². The number of methoxy groups -OCH3 is 1. The predicted molar refractivity (Wildman–Crippen MR) is 95.9 cm³/mol. The van der Waals surface area contributed by atoms with E-state index in [0.29, 0.717) is 42.0 Å². The lowest BCUT2D eigenvalue weighted by molar-refractivity contribution is 0.0655. The molecule has 9 heteroatoms. The summed E-state index contributed by atoms with van der Waals surface area (Å²) in [5, 5.41) is 8.98. The highest BCUT2D eigenvalue weighted by atomic mass is 35.5. The van der Waals surface area contributed by atoms with E-state index in [2.05, 4.69) is 4.98 Å². The molecule has 27 heavy (non-hydrogen) atoms. The highest BCUT2D eigenvalue weighted by molar-refractivity contribution is 6.28. The van der Waals surface area contributed by atoms with Crippen molar-refractivity contribution < 1.29 is 28.3 Å². The number of carboxylic acids is 1. The zero-order valence-corrected chi connectivity index (χ0v) is 15.2. The first kappa shape index (κ1) is 18.9. The summed E-state index contributed by atoms with van der Waals surface area (Å²) in [6, 6.07) is 7.76. The van der Waals surface area contributed by atoms with Crippen molar-refractivity contribution >= 4 is 34.6 Å². The number of furan rings is 1. The molecule has 1 N–H and O–H groups in total. The van der Waals surface area contributed by atoms with Crippen LogP contribution in [-0.2, 0) is 11.3 Å². The van der Waals surface area contributed by atoms with Gasteiger partial charge in [0.2, 0.25) is 5.76 Å². The molecule has 0 unspecified atom stereocenters. The average molecular weight is 393 g/mol. The summed E-state index contributed by atoms with van der Waals surface area (Å²) < 4.78 is 15.6. The molecule has 142 valence electrons. The maximum absolute atomic E-state index is 13.0. The fourth-order valence-electron chi connectivity index (χ4n) is 2.63. The first-order valence-corrected chi connectivity index (χ1v) is 8.52. The number of aromatic carboxylic acids is 1. The minimum atomic E-state index is -1.16. The van der Waals surface area contributed by atoms with E-state index in [0.717, 1.165) is 0 Å².